The third-order valence-electron chi connectivity index (χ3n) is 5.37. The van der Waals surface area contributed by atoms with E-state index in [9.17, 15) is 0 Å². The van der Waals surface area contributed by atoms with Gasteiger partial charge in [-0.05, 0) is 31.4 Å². The molecule has 4 heterocycles. The van der Waals surface area contributed by atoms with Crippen LogP contribution in [0.4, 0.5) is 5.13 Å². The molecule has 0 aromatic carbocycles. The van der Waals surface area contributed by atoms with Crippen molar-refractivity contribution < 1.29 is 4.74 Å². The average molecular weight is 440 g/mol. The second-order valence-electron chi connectivity index (χ2n) is 8.69. The Hall–Kier alpha value is -2.78. The van der Waals surface area contributed by atoms with E-state index in [-0.39, 0.29) is 5.41 Å². The molecule has 0 spiro atoms. The van der Waals surface area contributed by atoms with Gasteiger partial charge in [0.1, 0.15) is 17.2 Å². The standard InChI is InChI=1S/C22H29N7OS/c1-7-29-19(10-18(27-29)22(3,4)5)26-21-25-16(12-31-21)15-8-9-17(20(24-15)30-6)28-11-14(2)23-13-28/h8-9,11-13,18,27H,7,10H2,1-6H3. The molecule has 0 radical (unpaired) electrons. The molecule has 1 unspecified atom stereocenters. The van der Waals surface area contributed by atoms with Crippen molar-refractivity contribution in [2.75, 3.05) is 13.7 Å². The van der Waals surface area contributed by atoms with Crippen molar-refractivity contribution in [3.8, 4) is 23.0 Å². The quantitative estimate of drug-likeness (QED) is 0.635. The van der Waals surface area contributed by atoms with E-state index in [1.807, 2.05) is 35.2 Å². The molecule has 9 heteroatoms. The summed E-state index contributed by atoms with van der Waals surface area (Å²) in [6.07, 6.45) is 4.58. The predicted molar refractivity (Wildman–Crippen MR) is 124 cm³/mol. The van der Waals surface area contributed by atoms with E-state index < -0.39 is 0 Å². The first-order chi connectivity index (χ1) is 14.8. The second-order valence-corrected chi connectivity index (χ2v) is 9.52. The van der Waals surface area contributed by atoms with Gasteiger partial charge in [0.05, 0.1) is 24.8 Å². The Bertz CT molecular complexity index is 1100. The molecule has 1 aliphatic rings. The van der Waals surface area contributed by atoms with Crippen LogP contribution in [0.15, 0.2) is 35.0 Å². The molecule has 3 aromatic heterocycles. The molecule has 4 rings (SSSR count). The van der Waals surface area contributed by atoms with E-state index in [0.717, 1.165) is 46.7 Å². The Morgan fingerprint density at radius 2 is 2.06 bits per heavy atom. The van der Waals surface area contributed by atoms with Crippen molar-refractivity contribution in [3.05, 3.63) is 35.7 Å². The number of ether oxygens (including phenoxy) is 1. The molecule has 1 atom stereocenters. The Balaban J connectivity index is 1.59. The van der Waals surface area contributed by atoms with Crippen molar-refractivity contribution in [1.29, 1.82) is 0 Å². The maximum Gasteiger partial charge on any atom is 0.238 e. The molecule has 1 fully saturated rings. The van der Waals surface area contributed by atoms with E-state index in [1.54, 1.807) is 13.4 Å². The SMILES string of the molecule is CCN1NC(C(C)(C)C)CC1=Nc1nc(-c2ccc(-n3cnc(C)c3)c(OC)n2)cs1. The highest BCUT2D eigenvalue weighted by Crippen LogP contribution is 2.32. The largest absolute Gasteiger partial charge is 0.479 e. The lowest BCUT2D eigenvalue weighted by Gasteiger charge is -2.27. The molecular weight excluding hydrogens is 410 g/mol. The fraction of sp³-hybridized carbons (Fsp3) is 0.455. The van der Waals surface area contributed by atoms with Gasteiger partial charge in [-0.3, -0.25) is 5.01 Å². The summed E-state index contributed by atoms with van der Waals surface area (Å²) in [5, 5.41) is 4.84. The van der Waals surface area contributed by atoms with Gasteiger partial charge >= 0.3 is 0 Å². The molecule has 1 saturated heterocycles. The minimum Gasteiger partial charge on any atom is -0.479 e. The lowest BCUT2D eigenvalue weighted by molar-refractivity contribution is 0.217. The average Bonchev–Trinajstić information content (AvgIpc) is 3.47. The van der Waals surface area contributed by atoms with Crippen LogP contribution in [0.25, 0.3) is 17.1 Å². The number of rotatable bonds is 5. The van der Waals surface area contributed by atoms with Gasteiger partial charge in [-0.25, -0.2) is 25.4 Å². The van der Waals surface area contributed by atoms with Crippen molar-refractivity contribution in [1.82, 2.24) is 30.0 Å². The number of aliphatic imine (C=N–C) groups is 1. The highest BCUT2D eigenvalue weighted by Gasteiger charge is 2.34. The first-order valence-electron chi connectivity index (χ1n) is 10.4. The van der Waals surface area contributed by atoms with Gasteiger partial charge in [-0.15, -0.1) is 11.3 Å². The lowest BCUT2D eigenvalue weighted by Crippen LogP contribution is -2.42. The number of hydrogen-bond donors (Lipinski definition) is 1. The minimum absolute atomic E-state index is 0.161. The first-order valence-corrected chi connectivity index (χ1v) is 11.3. The number of aryl methyl sites for hydroxylation is 1. The highest BCUT2D eigenvalue weighted by molar-refractivity contribution is 7.13. The third kappa shape index (κ3) is 4.47. The van der Waals surface area contributed by atoms with Gasteiger partial charge < -0.3 is 9.30 Å². The molecule has 1 aliphatic heterocycles. The summed E-state index contributed by atoms with van der Waals surface area (Å²) >= 11 is 1.52. The van der Waals surface area contributed by atoms with Crippen LogP contribution in [0, 0.1) is 12.3 Å². The van der Waals surface area contributed by atoms with E-state index in [4.69, 9.17) is 14.7 Å². The molecule has 0 aliphatic carbocycles. The Morgan fingerprint density at radius 3 is 2.71 bits per heavy atom. The van der Waals surface area contributed by atoms with E-state index >= 15 is 0 Å². The number of amidine groups is 1. The fourth-order valence-electron chi connectivity index (χ4n) is 3.50. The topological polar surface area (TPSA) is 80.5 Å². The summed E-state index contributed by atoms with van der Waals surface area (Å²) < 4.78 is 7.44. The maximum atomic E-state index is 5.53. The summed E-state index contributed by atoms with van der Waals surface area (Å²) in [4.78, 5) is 18.5. The van der Waals surface area contributed by atoms with Gasteiger partial charge in [-0.2, -0.15) is 0 Å². The third-order valence-corrected chi connectivity index (χ3v) is 6.11. The Labute approximate surface area is 187 Å². The molecule has 3 aromatic rings. The summed E-state index contributed by atoms with van der Waals surface area (Å²) in [6, 6.07) is 4.28. The predicted octanol–water partition coefficient (Wildman–Crippen LogP) is 4.38. The van der Waals surface area contributed by atoms with Gasteiger partial charge in [0.25, 0.3) is 0 Å². The van der Waals surface area contributed by atoms with Crippen molar-refractivity contribution in [3.63, 3.8) is 0 Å². The maximum absolute atomic E-state index is 5.53. The van der Waals surface area contributed by atoms with Gasteiger partial charge in [-0.1, -0.05) is 20.8 Å². The number of imidazole rings is 1. The number of pyridine rings is 1. The van der Waals surface area contributed by atoms with Crippen LogP contribution in [0.5, 0.6) is 5.88 Å². The molecule has 31 heavy (non-hydrogen) atoms. The Kier molecular flexibility index (Phi) is 5.81. The van der Waals surface area contributed by atoms with Crippen molar-refractivity contribution in [2.24, 2.45) is 10.4 Å². The number of thiazole rings is 1. The zero-order chi connectivity index (χ0) is 22.2. The zero-order valence-electron chi connectivity index (χ0n) is 18.9. The van der Waals surface area contributed by atoms with Gasteiger partial charge in [0, 0.05) is 30.6 Å². The monoisotopic (exact) mass is 439 g/mol. The van der Waals surface area contributed by atoms with E-state index in [1.165, 1.54) is 11.3 Å². The number of aromatic nitrogens is 4. The summed E-state index contributed by atoms with van der Waals surface area (Å²) in [6.45, 7) is 11.7. The summed E-state index contributed by atoms with van der Waals surface area (Å²) in [5.74, 6) is 1.56. The van der Waals surface area contributed by atoms with Crippen LogP contribution >= 0.6 is 11.3 Å². The number of nitrogens with one attached hydrogen (secondary N) is 1. The highest BCUT2D eigenvalue weighted by atomic mass is 32.1. The van der Waals surface area contributed by atoms with Crippen molar-refractivity contribution in [2.45, 2.75) is 47.1 Å². The van der Waals surface area contributed by atoms with Crippen LogP contribution in [-0.2, 0) is 0 Å². The Morgan fingerprint density at radius 1 is 1.26 bits per heavy atom. The van der Waals surface area contributed by atoms with Crippen LogP contribution in [-0.4, -0.2) is 50.1 Å². The molecule has 1 N–H and O–H groups in total. The molecule has 164 valence electrons. The van der Waals surface area contributed by atoms with Gasteiger partial charge in [0.15, 0.2) is 0 Å². The number of methoxy groups -OCH3 is 1. The first kappa shape index (κ1) is 21.5. The molecule has 0 saturated carbocycles. The second kappa shape index (κ2) is 8.39. The van der Waals surface area contributed by atoms with Crippen LogP contribution in [0.3, 0.4) is 0 Å². The van der Waals surface area contributed by atoms with Crippen LogP contribution in [0.1, 0.15) is 39.8 Å². The molecule has 0 amide bonds. The summed E-state index contributed by atoms with van der Waals surface area (Å²) in [5.41, 5.74) is 7.05. The number of hydrazine groups is 1. The van der Waals surface area contributed by atoms with Crippen molar-refractivity contribution >= 4 is 22.3 Å². The smallest absolute Gasteiger partial charge is 0.238 e. The number of nitrogens with zero attached hydrogens (tertiary/aromatic N) is 6. The zero-order valence-corrected chi connectivity index (χ0v) is 19.7. The minimum atomic E-state index is 0.161. The molecule has 0 bridgehead atoms. The normalized spacial score (nSPS) is 18.2. The molecular formula is C22H29N7OS. The van der Waals surface area contributed by atoms with E-state index in [2.05, 4.69) is 48.1 Å². The number of hydrogen-bond acceptors (Lipinski definition) is 7. The summed E-state index contributed by atoms with van der Waals surface area (Å²) in [7, 11) is 1.62. The molecule has 8 nitrogen and oxygen atoms in total. The van der Waals surface area contributed by atoms with Gasteiger partial charge in [0.2, 0.25) is 11.0 Å². The van der Waals surface area contributed by atoms with E-state index in [0.29, 0.717) is 11.9 Å². The van der Waals surface area contributed by atoms with Crippen LogP contribution < -0.4 is 10.2 Å². The fourth-order valence-corrected chi connectivity index (χ4v) is 4.20. The van der Waals surface area contributed by atoms with Crippen LogP contribution in [0.2, 0.25) is 0 Å². The lowest BCUT2D eigenvalue weighted by atomic mass is 9.86.